The fraction of sp³-hybridized carbons (Fsp3) is 0.360. The molecule has 3 aromatic rings. The number of Topliss-reactive ketones (excluding diaryl/α,β-unsaturated/α-hetero) is 1. The van der Waals surface area contributed by atoms with Gasteiger partial charge in [0, 0.05) is 23.6 Å². The molecule has 0 aliphatic carbocycles. The molecule has 2 aromatic carbocycles. The third-order valence-electron chi connectivity index (χ3n) is 6.48. The lowest BCUT2D eigenvalue weighted by Crippen LogP contribution is -2.29. The summed E-state index contributed by atoms with van der Waals surface area (Å²) in [5.74, 6) is 0.214. The lowest BCUT2D eigenvalue weighted by Gasteiger charge is -2.22. The van der Waals surface area contributed by atoms with Crippen LogP contribution in [0.15, 0.2) is 59.7 Å². The van der Waals surface area contributed by atoms with Crippen molar-refractivity contribution >= 4 is 11.5 Å². The first kappa shape index (κ1) is 19.8. The van der Waals surface area contributed by atoms with Crippen LogP contribution in [0.2, 0.25) is 0 Å². The van der Waals surface area contributed by atoms with E-state index >= 15 is 0 Å². The zero-order valence-corrected chi connectivity index (χ0v) is 17.9. The summed E-state index contributed by atoms with van der Waals surface area (Å²) in [6.07, 6.45) is 5.92. The molecule has 0 amide bonds. The van der Waals surface area contributed by atoms with Crippen LogP contribution in [0.5, 0.6) is 0 Å². The predicted molar refractivity (Wildman–Crippen MR) is 121 cm³/mol. The minimum Gasteiger partial charge on any atom is -0.301 e. The molecule has 1 atom stereocenters. The molecule has 5 rings (SSSR count). The van der Waals surface area contributed by atoms with Gasteiger partial charge < -0.3 is 4.90 Å². The van der Waals surface area contributed by atoms with Crippen molar-refractivity contribution in [1.82, 2.24) is 19.9 Å². The largest absolute Gasteiger partial charge is 0.301 e. The number of hydrogen-bond acceptors (Lipinski definition) is 5. The van der Waals surface area contributed by atoms with E-state index in [0.29, 0.717) is 19.0 Å². The van der Waals surface area contributed by atoms with E-state index < -0.39 is 0 Å². The topological polar surface area (TPSA) is 63.4 Å². The highest BCUT2D eigenvalue weighted by Crippen LogP contribution is 2.23. The fourth-order valence-corrected chi connectivity index (χ4v) is 4.74. The number of rotatable bonds is 7. The lowest BCUT2D eigenvalue weighted by atomic mass is 10.0. The Labute approximate surface area is 182 Å². The third-order valence-corrected chi connectivity index (χ3v) is 6.48. The third kappa shape index (κ3) is 3.95. The van der Waals surface area contributed by atoms with Gasteiger partial charge in [0.15, 0.2) is 5.78 Å². The average Bonchev–Trinajstić information content (AvgIpc) is 3.56. The van der Waals surface area contributed by atoms with Crippen molar-refractivity contribution in [3.63, 3.8) is 0 Å². The highest BCUT2D eigenvalue weighted by molar-refractivity contribution is 6.13. The smallest absolute Gasteiger partial charge is 0.162 e. The lowest BCUT2D eigenvalue weighted by molar-refractivity contribution is 0.0968. The van der Waals surface area contributed by atoms with Gasteiger partial charge in [-0.25, -0.2) is 4.68 Å². The molecule has 0 radical (unpaired) electrons. The number of ketones is 1. The van der Waals surface area contributed by atoms with E-state index in [1.54, 1.807) is 4.68 Å². The SMILES string of the molecule is CCN1CCCC1CCC(=O)c1ccc(-n2cc(C3=NCc4ccccc43)nn2)cc1. The number of hydrogen-bond donors (Lipinski definition) is 0. The zero-order valence-electron chi connectivity index (χ0n) is 17.9. The average molecular weight is 414 g/mol. The summed E-state index contributed by atoms with van der Waals surface area (Å²) < 4.78 is 1.74. The summed E-state index contributed by atoms with van der Waals surface area (Å²) >= 11 is 0. The summed E-state index contributed by atoms with van der Waals surface area (Å²) in [7, 11) is 0. The molecular formula is C25H27N5O. The number of benzene rings is 2. The molecule has 31 heavy (non-hydrogen) atoms. The van der Waals surface area contributed by atoms with Crippen LogP contribution in [0.25, 0.3) is 5.69 Å². The summed E-state index contributed by atoms with van der Waals surface area (Å²) in [4.78, 5) is 19.8. The number of carbonyl (C=O) groups excluding carboxylic acids is 1. The molecule has 2 aliphatic heterocycles. The van der Waals surface area contributed by atoms with Crippen molar-refractivity contribution in [2.24, 2.45) is 4.99 Å². The Balaban J connectivity index is 1.25. The molecule has 1 fully saturated rings. The van der Waals surface area contributed by atoms with Crippen LogP contribution in [0.4, 0.5) is 0 Å². The van der Waals surface area contributed by atoms with E-state index in [1.165, 1.54) is 24.9 Å². The number of aromatic nitrogens is 3. The number of carbonyl (C=O) groups is 1. The Morgan fingerprint density at radius 2 is 1.97 bits per heavy atom. The summed E-state index contributed by atoms with van der Waals surface area (Å²) in [5, 5.41) is 8.61. The molecule has 2 aliphatic rings. The van der Waals surface area contributed by atoms with Gasteiger partial charge in [0.25, 0.3) is 0 Å². The van der Waals surface area contributed by atoms with Crippen molar-refractivity contribution in [2.75, 3.05) is 13.1 Å². The molecule has 0 saturated carbocycles. The van der Waals surface area contributed by atoms with Gasteiger partial charge >= 0.3 is 0 Å². The number of likely N-dealkylation sites (tertiary alicyclic amines) is 1. The van der Waals surface area contributed by atoms with Gasteiger partial charge in [0.05, 0.1) is 24.1 Å². The number of fused-ring (bicyclic) bond motifs is 1. The minimum absolute atomic E-state index is 0.214. The van der Waals surface area contributed by atoms with Crippen LogP contribution in [0.3, 0.4) is 0 Å². The van der Waals surface area contributed by atoms with Crippen LogP contribution in [-0.4, -0.2) is 50.5 Å². The molecule has 6 nitrogen and oxygen atoms in total. The summed E-state index contributed by atoms with van der Waals surface area (Å²) in [6, 6.07) is 16.4. The van der Waals surface area contributed by atoms with Crippen LogP contribution in [0.1, 0.15) is 59.8 Å². The van der Waals surface area contributed by atoms with Crippen LogP contribution < -0.4 is 0 Å². The first-order valence-corrected chi connectivity index (χ1v) is 11.2. The molecule has 0 bridgehead atoms. The first-order valence-electron chi connectivity index (χ1n) is 11.2. The Morgan fingerprint density at radius 1 is 1.13 bits per heavy atom. The maximum Gasteiger partial charge on any atom is 0.162 e. The van der Waals surface area contributed by atoms with Gasteiger partial charge in [-0.3, -0.25) is 9.79 Å². The van der Waals surface area contributed by atoms with Gasteiger partial charge in [0.1, 0.15) is 5.69 Å². The van der Waals surface area contributed by atoms with Gasteiger partial charge in [-0.15, -0.1) is 5.10 Å². The summed E-state index contributed by atoms with van der Waals surface area (Å²) in [5.41, 5.74) is 5.65. The molecule has 0 spiro atoms. The number of aliphatic imine (C=N–C) groups is 1. The van der Waals surface area contributed by atoms with Crippen molar-refractivity contribution in [3.05, 3.63) is 77.1 Å². The maximum absolute atomic E-state index is 12.7. The molecule has 1 aromatic heterocycles. The van der Waals surface area contributed by atoms with E-state index in [9.17, 15) is 4.79 Å². The van der Waals surface area contributed by atoms with Crippen LogP contribution in [0, 0.1) is 0 Å². The zero-order chi connectivity index (χ0) is 21.2. The first-order chi connectivity index (χ1) is 15.2. The monoisotopic (exact) mass is 413 g/mol. The quantitative estimate of drug-likeness (QED) is 0.548. The van der Waals surface area contributed by atoms with E-state index in [0.717, 1.165) is 41.2 Å². The van der Waals surface area contributed by atoms with Gasteiger partial charge in [-0.2, -0.15) is 0 Å². The van der Waals surface area contributed by atoms with Gasteiger partial charge in [-0.05, 0) is 62.2 Å². The second-order valence-corrected chi connectivity index (χ2v) is 8.30. The Morgan fingerprint density at radius 3 is 2.81 bits per heavy atom. The van der Waals surface area contributed by atoms with E-state index in [1.807, 2.05) is 42.6 Å². The highest BCUT2D eigenvalue weighted by Gasteiger charge is 2.23. The second-order valence-electron chi connectivity index (χ2n) is 8.30. The Bertz CT molecular complexity index is 1110. The second kappa shape index (κ2) is 8.55. The molecule has 0 N–H and O–H groups in total. The van der Waals surface area contributed by atoms with Crippen LogP contribution in [-0.2, 0) is 6.54 Å². The Kier molecular flexibility index (Phi) is 5.47. The number of nitrogens with zero attached hydrogens (tertiary/aromatic N) is 5. The standard InChI is InChI=1S/C25H27N5O/c1-2-29-15-5-7-20(29)13-14-24(31)18-9-11-21(12-10-18)30-17-23(27-28-30)25-22-8-4-3-6-19(22)16-26-25/h3-4,6,8-12,17,20H,2,5,7,13-16H2,1H3. The Hall–Kier alpha value is -3.12. The minimum atomic E-state index is 0.214. The molecular weight excluding hydrogens is 386 g/mol. The molecule has 6 heteroatoms. The fourth-order valence-electron chi connectivity index (χ4n) is 4.74. The molecule has 3 heterocycles. The molecule has 1 unspecified atom stereocenters. The van der Waals surface area contributed by atoms with E-state index in [2.05, 4.69) is 39.3 Å². The van der Waals surface area contributed by atoms with Gasteiger partial charge in [-0.1, -0.05) is 36.4 Å². The normalized spacial score (nSPS) is 18.2. The molecule has 1 saturated heterocycles. The van der Waals surface area contributed by atoms with E-state index in [4.69, 9.17) is 0 Å². The van der Waals surface area contributed by atoms with Crippen molar-refractivity contribution < 1.29 is 4.79 Å². The van der Waals surface area contributed by atoms with Crippen molar-refractivity contribution in [3.8, 4) is 5.69 Å². The highest BCUT2D eigenvalue weighted by atomic mass is 16.1. The van der Waals surface area contributed by atoms with Gasteiger partial charge in [0.2, 0.25) is 0 Å². The van der Waals surface area contributed by atoms with Crippen LogP contribution >= 0.6 is 0 Å². The van der Waals surface area contributed by atoms with Crippen molar-refractivity contribution in [1.29, 1.82) is 0 Å². The van der Waals surface area contributed by atoms with Crippen molar-refractivity contribution in [2.45, 2.75) is 45.2 Å². The predicted octanol–water partition coefficient (Wildman–Crippen LogP) is 4.07. The van der Waals surface area contributed by atoms with E-state index in [-0.39, 0.29) is 5.78 Å². The maximum atomic E-state index is 12.7. The molecule has 158 valence electrons. The summed E-state index contributed by atoms with van der Waals surface area (Å²) in [6.45, 7) is 5.13.